The van der Waals surface area contributed by atoms with Crippen LogP contribution in [0, 0.1) is 0 Å². The van der Waals surface area contributed by atoms with Crippen molar-refractivity contribution >= 4 is 38.7 Å². The van der Waals surface area contributed by atoms with Gasteiger partial charge >= 0.3 is 0 Å². The number of nitrogens with one attached hydrogen (secondary N) is 2. The van der Waals surface area contributed by atoms with Gasteiger partial charge < -0.3 is 25.4 Å². The van der Waals surface area contributed by atoms with Crippen molar-refractivity contribution in [2.75, 3.05) is 42.3 Å². The molecular weight excluding hydrogens is 498 g/mol. The fourth-order valence-electron chi connectivity index (χ4n) is 4.58. The summed E-state index contributed by atoms with van der Waals surface area (Å²) >= 11 is 5.37. The summed E-state index contributed by atoms with van der Waals surface area (Å²) < 4.78 is 31.1. The van der Waals surface area contributed by atoms with Gasteiger partial charge in [-0.05, 0) is 75.5 Å². The van der Waals surface area contributed by atoms with Gasteiger partial charge in [-0.3, -0.25) is 0 Å². The highest BCUT2D eigenvalue weighted by atomic mass is 32.2. The third kappa shape index (κ3) is 5.34. The molecule has 36 heavy (non-hydrogen) atoms. The normalized spacial score (nSPS) is 21.2. The molecule has 1 aromatic heterocycles. The van der Waals surface area contributed by atoms with E-state index in [4.69, 9.17) is 26.9 Å². The van der Waals surface area contributed by atoms with E-state index in [-0.39, 0.29) is 24.8 Å². The van der Waals surface area contributed by atoms with E-state index >= 15 is 0 Å². The highest BCUT2D eigenvalue weighted by Crippen LogP contribution is 2.53. The van der Waals surface area contributed by atoms with E-state index in [0.29, 0.717) is 61.1 Å². The molecule has 11 heteroatoms. The van der Waals surface area contributed by atoms with Crippen LogP contribution in [-0.4, -0.2) is 72.8 Å². The van der Waals surface area contributed by atoms with Gasteiger partial charge in [-0.1, -0.05) is 0 Å². The number of hydrogen-bond donors (Lipinski definition) is 3. The molecular formula is C25H33N5O4S2. The fraction of sp³-hybridized carbons (Fsp3) is 0.560. The number of benzene rings is 1. The number of ether oxygens (including phenoxy) is 1. The van der Waals surface area contributed by atoms with Gasteiger partial charge in [0.05, 0.1) is 30.7 Å². The first-order valence-electron chi connectivity index (χ1n) is 12.6. The largest absolute Gasteiger partial charge is 0.396 e. The summed E-state index contributed by atoms with van der Waals surface area (Å²) in [6.07, 6.45) is 3.58. The van der Waals surface area contributed by atoms with Crippen LogP contribution in [0.3, 0.4) is 0 Å². The number of anilines is 2. The summed E-state index contributed by atoms with van der Waals surface area (Å²) in [5.41, 5.74) is 2.20. The van der Waals surface area contributed by atoms with Gasteiger partial charge in [-0.2, -0.15) is 0 Å². The van der Waals surface area contributed by atoms with Gasteiger partial charge in [0.2, 0.25) is 0 Å². The Morgan fingerprint density at radius 2 is 2.00 bits per heavy atom. The Labute approximate surface area is 217 Å². The van der Waals surface area contributed by atoms with E-state index in [1.54, 1.807) is 0 Å². The quantitative estimate of drug-likeness (QED) is 0.417. The monoisotopic (exact) mass is 531 g/mol. The molecule has 1 aromatic carbocycles. The van der Waals surface area contributed by atoms with E-state index in [9.17, 15) is 13.5 Å². The predicted octanol–water partition coefficient (Wildman–Crippen LogP) is 2.60. The second-order valence-electron chi connectivity index (χ2n) is 9.89. The van der Waals surface area contributed by atoms with Crippen molar-refractivity contribution in [1.82, 2.24) is 15.3 Å². The van der Waals surface area contributed by atoms with Crippen LogP contribution in [0.2, 0.25) is 0 Å². The number of hydrogen-bond acceptors (Lipinski definition) is 8. The second kappa shape index (κ2) is 10.2. The minimum absolute atomic E-state index is 0.0543. The molecule has 9 nitrogen and oxygen atoms in total. The zero-order chi connectivity index (χ0) is 25.3. The van der Waals surface area contributed by atoms with Crippen LogP contribution in [0.1, 0.15) is 44.7 Å². The first-order chi connectivity index (χ1) is 17.3. The standard InChI is InChI=1S/C25H33N5O4S2/c1-17-16-34-13-11-30(17)22-15-21(25(9-10-25)36(32,33)14-2-12-31)28-23(29-22)18-3-5-19(6-4-18)26-24(35)27-20-7-8-20/h3-6,15,17,20,31H,2,7-14,16H2,1H3,(H2,26,27,35)/t17-/m0/s1. The van der Waals surface area contributed by atoms with Crippen LogP contribution >= 0.6 is 12.2 Å². The van der Waals surface area contributed by atoms with Gasteiger partial charge in [-0.15, -0.1) is 0 Å². The smallest absolute Gasteiger partial charge is 0.170 e. The highest BCUT2D eigenvalue weighted by Gasteiger charge is 2.56. The van der Waals surface area contributed by atoms with Crippen molar-refractivity contribution in [3.63, 3.8) is 0 Å². The van der Waals surface area contributed by atoms with Crippen LogP contribution < -0.4 is 15.5 Å². The molecule has 3 aliphatic rings. The molecule has 0 radical (unpaired) electrons. The van der Waals surface area contributed by atoms with Crippen molar-refractivity contribution in [2.24, 2.45) is 0 Å². The SMILES string of the molecule is C[C@H]1COCCN1c1cc(C2(S(=O)(=O)CCCO)CC2)nc(-c2ccc(NC(=S)NC3CC3)cc2)n1. The highest BCUT2D eigenvalue weighted by molar-refractivity contribution is 7.92. The molecule has 2 saturated carbocycles. The minimum Gasteiger partial charge on any atom is -0.396 e. The average Bonchev–Trinajstić information content (AvgIpc) is 3.79. The van der Waals surface area contributed by atoms with Crippen molar-refractivity contribution in [2.45, 2.75) is 55.9 Å². The summed E-state index contributed by atoms with van der Waals surface area (Å²) in [5, 5.41) is 16.3. The number of morpholine rings is 1. The number of sulfone groups is 1. The number of thiocarbonyl (C=S) groups is 1. The molecule has 0 unspecified atom stereocenters. The number of rotatable bonds is 9. The van der Waals surface area contributed by atoms with Crippen molar-refractivity contribution in [3.8, 4) is 11.4 Å². The van der Waals surface area contributed by atoms with Crippen LogP contribution in [0.25, 0.3) is 11.4 Å². The molecule has 3 fully saturated rings. The maximum Gasteiger partial charge on any atom is 0.170 e. The Balaban J connectivity index is 1.47. The van der Waals surface area contributed by atoms with Gasteiger partial charge in [0.25, 0.3) is 0 Å². The Kier molecular flexibility index (Phi) is 7.17. The molecule has 2 aliphatic carbocycles. The van der Waals surface area contributed by atoms with Crippen LogP contribution in [0.15, 0.2) is 30.3 Å². The van der Waals surface area contributed by atoms with Gasteiger partial charge in [0.1, 0.15) is 10.6 Å². The number of aliphatic hydroxyl groups excluding tert-OH is 1. The molecule has 0 bridgehead atoms. The Hall–Kier alpha value is -2.34. The fourth-order valence-corrected chi connectivity index (χ4v) is 6.92. The lowest BCUT2D eigenvalue weighted by Crippen LogP contribution is -2.44. The summed E-state index contributed by atoms with van der Waals surface area (Å²) in [6.45, 7) is 3.78. The lowest BCUT2D eigenvalue weighted by Gasteiger charge is -2.34. The molecule has 1 saturated heterocycles. The van der Waals surface area contributed by atoms with E-state index in [2.05, 4.69) is 22.5 Å². The van der Waals surface area contributed by atoms with Crippen molar-refractivity contribution in [3.05, 3.63) is 36.0 Å². The van der Waals surface area contributed by atoms with Crippen molar-refractivity contribution < 1.29 is 18.3 Å². The van der Waals surface area contributed by atoms with Crippen LogP contribution in [0.5, 0.6) is 0 Å². The van der Waals surface area contributed by atoms with E-state index in [1.807, 2.05) is 30.3 Å². The molecule has 0 spiro atoms. The zero-order valence-corrected chi connectivity index (χ0v) is 22.1. The lowest BCUT2D eigenvalue weighted by molar-refractivity contribution is 0.0985. The summed E-state index contributed by atoms with van der Waals surface area (Å²) in [6, 6.07) is 10.1. The van der Waals surface area contributed by atoms with Gasteiger partial charge in [-0.25, -0.2) is 18.4 Å². The topological polar surface area (TPSA) is 117 Å². The summed E-state index contributed by atoms with van der Waals surface area (Å²) in [5.74, 6) is 1.16. The van der Waals surface area contributed by atoms with Crippen LogP contribution in [0.4, 0.5) is 11.5 Å². The first kappa shape index (κ1) is 25.3. The molecule has 3 N–H and O–H groups in total. The maximum absolute atomic E-state index is 13.3. The molecule has 194 valence electrons. The molecule has 0 amide bonds. The molecule has 2 aromatic rings. The summed E-state index contributed by atoms with van der Waals surface area (Å²) in [4.78, 5) is 11.8. The third-order valence-corrected chi connectivity index (χ3v) is 9.88. The molecule has 1 aliphatic heterocycles. The lowest BCUT2D eigenvalue weighted by atomic mass is 10.1. The minimum atomic E-state index is -3.47. The predicted molar refractivity (Wildman–Crippen MR) is 144 cm³/mol. The molecule has 2 heterocycles. The Morgan fingerprint density at radius 1 is 1.25 bits per heavy atom. The summed E-state index contributed by atoms with van der Waals surface area (Å²) in [7, 11) is -3.47. The van der Waals surface area contributed by atoms with Crippen molar-refractivity contribution in [1.29, 1.82) is 0 Å². The second-order valence-corrected chi connectivity index (χ2v) is 12.7. The molecule has 1 atom stereocenters. The maximum atomic E-state index is 13.3. The average molecular weight is 532 g/mol. The number of nitrogens with zero attached hydrogens (tertiary/aromatic N) is 3. The van der Waals surface area contributed by atoms with Gasteiger partial charge in [0, 0.05) is 36.5 Å². The number of aromatic nitrogens is 2. The van der Waals surface area contributed by atoms with Gasteiger partial charge in [0.15, 0.2) is 20.8 Å². The van der Waals surface area contributed by atoms with E-state index in [0.717, 1.165) is 24.1 Å². The Morgan fingerprint density at radius 3 is 2.64 bits per heavy atom. The van der Waals surface area contributed by atoms with E-state index < -0.39 is 14.6 Å². The number of aliphatic hydroxyl groups is 1. The van der Waals surface area contributed by atoms with E-state index in [1.165, 1.54) is 0 Å². The third-order valence-electron chi connectivity index (χ3n) is 7.03. The first-order valence-corrected chi connectivity index (χ1v) is 14.6. The van der Waals surface area contributed by atoms with Crippen LogP contribution in [-0.2, 0) is 19.3 Å². The zero-order valence-electron chi connectivity index (χ0n) is 20.4. The molecule has 5 rings (SSSR count). The Bertz CT molecular complexity index is 1210.